The Labute approximate surface area is 205 Å². The molecule has 35 heavy (non-hydrogen) atoms. The van der Waals surface area contributed by atoms with Gasteiger partial charge in [0.1, 0.15) is 11.6 Å². The van der Waals surface area contributed by atoms with Gasteiger partial charge in [-0.1, -0.05) is 31.5 Å². The smallest absolute Gasteiger partial charge is 0.227 e. The second-order valence-corrected chi connectivity index (χ2v) is 9.37. The molecule has 1 amide bonds. The van der Waals surface area contributed by atoms with E-state index in [-0.39, 0.29) is 23.7 Å². The summed E-state index contributed by atoms with van der Waals surface area (Å²) < 4.78 is 27.7. The van der Waals surface area contributed by atoms with Crippen LogP contribution in [0.15, 0.2) is 54.6 Å². The Morgan fingerprint density at radius 2 is 1.89 bits per heavy atom. The number of carbonyl (C=O) groups excluding carboxylic acids is 1. The summed E-state index contributed by atoms with van der Waals surface area (Å²) in [7, 11) is 0. The molecule has 0 unspecified atom stereocenters. The van der Waals surface area contributed by atoms with Crippen molar-refractivity contribution in [1.82, 2.24) is 14.7 Å². The van der Waals surface area contributed by atoms with E-state index in [9.17, 15) is 9.18 Å². The number of aromatic nitrogens is 2. The lowest BCUT2D eigenvalue weighted by atomic mass is 9.84. The van der Waals surface area contributed by atoms with Crippen molar-refractivity contribution in [1.29, 1.82) is 0 Å². The van der Waals surface area contributed by atoms with E-state index in [0.29, 0.717) is 36.8 Å². The summed E-state index contributed by atoms with van der Waals surface area (Å²) in [5.74, 6) is 1.20. The zero-order chi connectivity index (χ0) is 24.2. The molecule has 3 aromatic rings. The Bertz CT molecular complexity index is 1140. The minimum Gasteiger partial charge on any atom is -0.439 e. The first kappa shape index (κ1) is 23.5. The molecule has 1 aliphatic carbocycles. The fraction of sp³-hybridized carbons (Fsp3) is 0.429. The lowest BCUT2D eigenvalue weighted by molar-refractivity contribution is -0.140. The number of nitrogens with zero attached hydrogens (tertiary/aromatic N) is 3. The van der Waals surface area contributed by atoms with Gasteiger partial charge in [0.15, 0.2) is 0 Å². The van der Waals surface area contributed by atoms with Gasteiger partial charge >= 0.3 is 0 Å². The Hall–Kier alpha value is -3.19. The number of carbonyl (C=O) groups is 1. The number of hydrogen-bond donors (Lipinski definition) is 0. The van der Waals surface area contributed by atoms with E-state index in [4.69, 9.17) is 14.6 Å². The molecule has 2 aliphatic rings. The Kier molecular flexibility index (Phi) is 7.13. The van der Waals surface area contributed by atoms with Crippen LogP contribution in [0.4, 0.5) is 4.39 Å². The lowest BCUT2D eigenvalue weighted by Crippen LogP contribution is -2.42. The van der Waals surface area contributed by atoms with Crippen LogP contribution in [-0.4, -0.2) is 39.8 Å². The molecule has 1 aromatic heterocycles. The highest BCUT2D eigenvalue weighted by molar-refractivity contribution is 5.79. The second kappa shape index (κ2) is 10.6. The van der Waals surface area contributed by atoms with Gasteiger partial charge in [-0.2, -0.15) is 5.10 Å². The first-order valence-corrected chi connectivity index (χ1v) is 12.6. The summed E-state index contributed by atoms with van der Waals surface area (Å²) in [6.45, 7) is 3.78. The van der Waals surface area contributed by atoms with Gasteiger partial charge < -0.3 is 14.4 Å². The Morgan fingerprint density at radius 1 is 1.11 bits per heavy atom. The quantitative estimate of drug-likeness (QED) is 0.398. The van der Waals surface area contributed by atoms with E-state index in [1.807, 2.05) is 42.2 Å². The van der Waals surface area contributed by atoms with Gasteiger partial charge in [-0.15, -0.1) is 0 Å². The largest absolute Gasteiger partial charge is 0.439 e. The molecule has 0 N–H and O–H groups in total. The summed E-state index contributed by atoms with van der Waals surface area (Å²) in [5.41, 5.74) is 2.44. The van der Waals surface area contributed by atoms with Crippen molar-refractivity contribution in [3.05, 3.63) is 71.7 Å². The molecule has 1 atom stereocenters. The number of benzene rings is 2. The normalized spacial score (nSPS) is 17.8. The first-order valence-electron chi connectivity index (χ1n) is 12.6. The highest BCUT2D eigenvalue weighted by Gasteiger charge is 2.33. The van der Waals surface area contributed by atoms with E-state index >= 15 is 0 Å². The molecule has 1 saturated carbocycles. The summed E-state index contributed by atoms with van der Waals surface area (Å²) in [6.07, 6.45) is 5.75. The predicted octanol–water partition coefficient (Wildman–Crippen LogP) is 5.67. The minimum absolute atomic E-state index is 0.0646. The third kappa shape index (κ3) is 5.25. The minimum atomic E-state index is -0.309. The molecular formula is C28H32FN3O3. The summed E-state index contributed by atoms with van der Waals surface area (Å²) in [6, 6.07) is 15.7. The van der Waals surface area contributed by atoms with E-state index in [0.717, 1.165) is 50.0 Å². The molecule has 2 aromatic carbocycles. The van der Waals surface area contributed by atoms with Crippen LogP contribution in [0.25, 0.3) is 5.69 Å². The summed E-state index contributed by atoms with van der Waals surface area (Å²) >= 11 is 0. The van der Waals surface area contributed by atoms with Crippen molar-refractivity contribution < 1.29 is 18.7 Å². The van der Waals surface area contributed by atoms with Crippen molar-refractivity contribution in [2.75, 3.05) is 13.2 Å². The Morgan fingerprint density at radius 3 is 2.51 bits per heavy atom. The second-order valence-electron chi connectivity index (χ2n) is 9.37. The molecule has 184 valence electrons. The van der Waals surface area contributed by atoms with Crippen molar-refractivity contribution >= 4 is 5.91 Å². The Balaban J connectivity index is 1.54. The van der Waals surface area contributed by atoms with E-state index < -0.39 is 0 Å². The van der Waals surface area contributed by atoms with E-state index in [1.165, 1.54) is 12.1 Å². The maximum Gasteiger partial charge on any atom is 0.227 e. The fourth-order valence-corrected chi connectivity index (χ4v) is 4.75. The zero-order valence-corrected chi connectivity index (χ0v) is 20.2. The highest BCUT2D eigenvalue weighted by Crippen LogP contribution is 2.34. The van der Waals surface area contributed by atoms with Crippen LogP contribution >= 0.6 is 0 Å². The molecule has 7 heteroatoms. The third-order valence-electron chi connectivity index (χ3n) is 6.95. The average Bonchev–Trinajstić information content (AvgIpc) is 3.47. The summed E-state index contributed by atoms with van der Waals surface area (Å²) in [5, 5.41) is 4.85. The first-order chi connectivity index (χ1) is 17.1. The van der Waals surface area contributed by atoms with Crippen molar-refractivity contribution in [3.63, 3.8) is 0 Å². The van der Waals surface area contributed by atoms with E-state index in [2.05, 4.69) is 0 Å². The molecule has 1 saturated heterocycles. The topological polar surface area (TPSA) is 56.6 Å². The number of amides is 1. The molecule has 1 aliphatic heterocycles. The SMILES string of the molecule is CCc1nn(-c2ccc(F)cc2)c(Oc2ccccc2)c1CN(C[C@H]1CCCO1)C(=O)C1CCC1. The lowest BCUT2D eigenvalue weighted by Gasteiger charge is -2.33. The number of ether oxygens (including phenoxy) is 2. The van der Waals surface area contributed by atoms with Crippen molar-refractivity contribution in [2.24, 2.45) is 5.92 Å². The van der Waals surface area contributed by atoms with Gasteiger partial charge in [-0.3, -0.25) is 4.79 Å². The number of hydrogen-bond acceptors (Lipinski definition) is 4. The molecule has 2 heterocycles. The highest BCUT2D eigenvalue weighted by atomic mass is 19.1. The van der Waals surface area contributed by atoms with Crippen molar-refractivity contribution in [3.8, 4) is 17.3 Å². The molecule has 0 radical (unpaired) electrons. The van der Waals surface area contributed by atoms with Crippen LogP contribution in [0.3, 0.4) is 0 Å². The van der Waals surface area contributed by atoms with Crippen LogP contribution < -0.4 is 4.74 Å². The van der Waals surface area contributed by atoms with Gasteiger partial charge in [-0.05, 0) is 68.5 Å². The number of halogens is 1. The average molecular weight is 478 g/mol. The fourth-order valence-electron chi connectivity index (χ4n) is 4.75. The van der Waals surface area contributed by atoms with Gasteiger partial charge in [-0.25, -0.2) is 9.07 Å². The molecular weight excluding hydrogens is 445 g/mol. The molecule has 6 nitrogen and oxygen atoms in total. The standard InChI is InChI=1S/C28H32FN3O3/c1-2-26-25(19-31(18-24-12-7-17-34-24)27(33)20-8-6-9-20)28(35-23-10-4-3-5-11-23)32(30-26)22-15-13-21(29)14-16-22/h3-5,10-11,13-16,20,24H,2,6-9,12,17-19H2,1H3/t24-/m1/s1. The number of aryl methyl sites for hydroxylation is 1. The maximum atomic E-state index is 13.7. The van der Waals surface area contributed by atoms with Gasteiger partial charge in [0, 0.05) is 19.1 Å². The van der Waals surface area contributed by atoms with E-state index in [1.54, 1.807) is 16.8 Å². The molecule has 0 bridgehead atoms. The predicted molar refractivity (Wildman–Crippen MR) is 131 cm³/mol. The molecule has 5 rings (SSSR count). The number of rotatable bonds is 9. The van der Waals surface area contributed by atoms with Crippen LogP contribution in [0.5, 0.6) is 11.6 Å². The van der Waals surface area contributed by atoms with Crippen LogP contribution in [0, 0.1) is 11.7 Å². The van der Waals surface area contributed by atoms with Crippen LogP contribution in [-0.2, 0) is 22.5 Å². The van der Waals surface area contributed by atoms with Gasteiger partial charge in [0.2, 0.25) is 11.8 Å². The maximum absolute atomic E-state index is 13.7. The zero-order valence-electron chi connectivity index (χ0n) is 20.2. The summed E-state index contributed by atoms with van der Waals surface area (Å²) in [4.78, 5) is 15.4. The third-order valence-corrected chi connectivity index (χ3v) is 6.95. The van der Waals surface area contributed by atoms with Crippen LogP contribution in [0.1, 0.15) is 50.3 Å². The monoisotopic (exact) mass is 477 g/mol. The van der Waals surface area contributed by atoms with Gasteiger partial charge in [0.05, 0.1) is 29.6 Å². The van der Waals surface area contributed by atoms with Crippen molar-refractivity contribution in [2.45, 2.75) is 58.1 Å². The number of para-hydroxylation sites is 1. The van der Waals surface area contributed by atoms with Crippen LogP contribution in [0.2, 0.25) is 0 Å². The molecule has 2 fully saturated rings. The molecule has 0 spiro atoms. The van der Waals surface area contributed by atoms with Gasteiger partial charge in [0.25, 0.3) is 0 Å².